The number of hydrogen-bond acceptors (Lipinski definition) is 33. The molecule has 12 unspecified atom stereocenters. The summed E-state index contributed by atoms with van der Waals surface area (Å²) in [5.74, 6) is -10.6. The summed E-state index contributed by atoms with van der Waals surface area (Å²) in [6.07, 6.45) is 21.0. The Hall–Kier alpha value is -15.9. The zero-order chi connectivity index (χ0) is 106. The van der Waals surface area contributed by atoms with E-state index in [4.69, 9.17) is 14.2 Å². The molecule has 8 aromatic rings. The average molecular weight is 2030 g/mol. The van der Waals surface area contributed by atoms with Crippen molar-refractivity contribution in [1.29, 1.82) is 0 Å². The number of hydrogen-bond donors (Lipinski definition) is 1. The minimum atomic E-state index is -1.17. The summed E-state index contributed by atoms with van der Waals surface area (Å²) in [5.41, 5.74) is 20.8. The van der Waals surface area contributed by atoms with Crippen molar-refractivity contribution in [3.63, 3.8) is 0 Å². The van der Waals surface area contributed by atoms with Crippen LogP contribution in [0.4, 0.5) is 0 Å². The quantitative estimate of drug-likeness (QED) is 0.0954. The summed E-state index contributed by atoms with van der Waals surface area (Å²) < 4.78 is 50.4. The molecule has 10 aliphatic heterocycles. The highest BCUT2D eigenvalue weighted by Gasteiger charge is 2.52. The SMILES string of the molecule is CC1CCC2C(=O)OC(=O)C2C1.CC1CCC2C(=O)OC(=O)C2C1.CC1CCc2cc3c(cc2C1)C(=O)OC3=O.CC1CCc2cc3c(cc2C1)C(=O)OC3=O.COC(=O)c1c2c(cc3c1C(=O)OC3=O)CCCC2.Cc1ccc2c(c1)C(=O)OC2=O.Cc1ccc2c(c1)C(=O)OC2=O.Cc1ccc2c(c1)CC1C(=O)OC(=O)C1C2.Cc1ccc2c(c1)CC1C(=O)OC(=O)C1C2.O=C1OC(=O)c2c1cc1c(c2C(=O)O)CCCC1. The van der Waals surface area contributed by atoms with Gasteiger partial charge in [-0.3, -0.25) is 38.4 Å². The number of rotatable bonds is 2. The molecule has 0 aromatic heterocycles. The van der Waals surface area contributed by atoms with Crippen LogP contribution in [0.5, 0.6) is 0 Å². The molecule has 1 N–H and O–H groups in total. The second-order valence-corrected chi connectivity index (χ2v) is 41.0. The van der Waals surface area contributed by atoms with Gasteiger partial charge in [0, 0.05) is 0 Å². The zero-order valence-electron chi connectivity index (χ0n) is 83.2. The number of methoxy groups -OCH3 is 1. The van der Waals surface area contributed by atoms with E-state index < -0.39 is 83.6 Å². The summed E-state index contributed by atoms with van der Waals surface area (Å²) in [5, 5.41) is 9.29. The van der Waals surface area contributed by atoms with Crippen molar-refractivity contribution < 1.29 is 163 Å². The van der Waals surface area contributed by atoms with E-state index in [1.165, 1.54) is 62.7 Å². The van der Waals surface area contributed by atoms with Gasteiger partial charge < -0.3 is 57.2 Å². The molecule has 34 nitrogen and oxygen atoms in total. The fourth-order valence-electron chi connectivity index (χ4n) is 22.6. The summed E-state index contributed by atoms with van der Waals surface area (Å²) in [4.78, 5) is 249. The third-order valence-corrected chi connectivity index (χ3v) is 30.5. The van der Waals surface area contributed by atoms with Gasteiger partial charge in [0.15, 0.2) is 0 Å². The first-order chi connectivity index (χ1) is 71.0. The van der Waals surface area contributed by atoms with E-state index in [1.807, 2.05) is 64.1 Å². The number of carbonyl (C=O) groups is 22. The van der Waals surface area contributed by atoms with E-state index in [0.717, 1.165) is 143 Å². The number of benzene rings is 8. The lowest BCUT2D eigenvalue weighted by molar-refractivity contribution is -0.155. The standard InChI is InChI=1S/C14H12O5.C13H10O5.4C13H12O3.2C9H12O3.2C9H6O3/c1-18-13(16)10-8-5-3-2-4-7(8)6-9-11(10)14(17)19-12(9)15;14-11(15)9-7-4-2-1-3-6(7)5-8-10(9)13(17)18-12(8)16;4*1-7-2-3-8-5-10-11(6-9(8)4-7)13(15)16-12(10)14;4*1-5-2-3-6-7(4-5)9(11)12-8(6)10/h6H,2-5H2,1H3;5H,1-4H2,(H,14,15);2*5-7H,2-4H2,1H3;2*2-4,10-11H,5-6H2,1H3;2*5-7H,2-4H2,1H3;2*2-4H,1H3. The van der Waals surface area contributed by atoms with Crippen LogP contribution in [0.2, 0.25) is 0 Å². The fraction of sp³-hybridized carbons (Fsp3) is 0.391. The molecule has 12 atom stereocenters. The zero-order valence-corrected chi connectivity index (χ0v) is 83.2. The molecule has 4 saturated heterocycles. The van der Waals surface area contributed by atoms with Crippen LogP contribution in [0, 0.1) is 98.7 Å². The molecular weight excluding hydrogens is 1930 g/mol. The number of ether oxygens (including phenoxy) is 11. The minimum Gasteiger partial charge on any atom is -0.478 e. The van der Waals surface area contributed by atoms with E-state index in [9.17, 15) is 111 Å². The number of esters is 21. The van der Waals surface area contributed by atoms with Crippen LogP contribution in [0.1, 0.15) is 339 Å². The molecule has 770 valence electrons. The Balaban J connectivity index is 0.000000113. The maximum absolute atomic E-state index is 12.0. The number of carbonyl (C=O) groups excluding carboxylic acids is 21. The smallest absolute Gasteiger partial charge is 0.347 e. The highest BCUT2D eigenvalue weighted by atomic mass is 16.6. The van der Waals surface area contributed by atoms with Crippen molar-refractivity contribution in [3.05, 3.63) is 276 Å². The van der Waals surface area contributed by atoms with E-state index in [1.54, 1.807) is 48.5 Å². The van der Waals surface area contributed by atoms with Crippen molar-refractivity contribution in [2.24, 2.45) is 71.0 Å². The van der Waals surface area contributed by atoms with E-state index in [-0.39, 0.29) is 128 Å². The molecule has 10 heterocycles. The third-order valence-electron chi connectivity index (χ3n) is 30.5. The first-order valence-corrected chi connectivity index (χ1v) is 50.1. The molecule has 0 radical (unpaired) electrons. The molecule has 34 heteroatoms. The first-order valence-electron chi connectivity index (χ1n) is 50.1. The normalized spacial score (nSPS) is 23.8. The highest BCUT2D eigenvalue weighted by Crippen LogP contribution is 2.45. The van der Waals surface area contributed by atoms with E-state index in [2.05, 4.69) is 89.9 Å². The maximum Gasteiger partial charge on any atom is 0.347 e. The number of carboxylic acids is 1. The van der Waals surface area contributed by atoms with Gasteiger partial charge in [0.2, 0.25) is 0 Å². The van der Waals surface area contributed by atoms with Crippen LogP contribution in [0.3, 0.4) is 0 Å². The molecule has 8 aromatic carbocycles. The largest absolute Gasteiger partial charge is 0.478 e. The molecule has 2 saturated carbocycles. The molecule has 26 rings (SSSR count). The van der Waals surface area contributed by atoms with Crippen LogP contribution < -0.4 is 0 Å². The predicted octanol–water partition coefficient (Wildman–Crippen LogP) is 15.2. The molecule has 0 amide bonds. The monoisotopic (exact) mass is 2030 g/mol. The molecular formula is C115H106O34. The second-order valence-electron chi connectivity index (χ2n) is 41.0. The lowest BCUT2D eigenvalue weighted by atomic mass is 9.76. The van der Waals surface area contributed by atoms with Crippen molar-refractivity contribution in [1.82, 2.24) is 0 Å². The van der Waals surface area contributed by atoms with Crippen LogP contribution in [0.25, 0.3) is 0 Å². The molecule has 6 fully saturated rings. The van der Waals surface area contributed by atoms with Gasteiger partial charge in [0.25, 0.3) is 0 Å². The molecule has 149 heavy (non-hydrogen) atoms. The van der Waals surface area contributed by atoms with Crippen LogP contribution >= 0.6 is 0 Å². The molecule has 0 bridgehead atoms. The van der Waals surface area contributed by atoms with Crippen LogP contribution in [-0.2, 0) is 168 Å². The van der Waals surface area contributed by atoms with Gasteiger partial charge in [-0.25, -0.2) is 67.1 Å². The van der Waals surface area contributed by atoms with Crippen molar-refractivity contribution in [2.45, 2.75) is 209 Å². The third kappa shape index (κ3) is 21.8. The van der Waals surface area contributed by atoms with Crippen LogP contribution in [0.15, 0.2) is 109 Å². The van der Waals surface area contributed by atoms with Crippen molar-refractivity contribution >= 4 is 131 Å². The van der Waals surface area contributed by atoms with E-state index >= 15 is 0 Å². The lowest BCUT2D eigenvalue weighted by Crippen LogP contribution is -2.27. The average Bonchev–Trinajstić information content (AvgIpc) is 1.65. The van der Waals surface area contributed by atoms with Gasteiger partial charge in [-0.1, -0.05) is 98.5 Å². The molecule has 8 aliphatic carbocycles. The Morgan fingerprint density at radius 2 is 0.523 bits per heavy atom. The van der Waals surface area contributed by atoms with Gasteiger partial charge in [-0.2, -0.15) is 0 Å². The Morgan fingerprint density at radius 3 is 0.886 bits per heavy atom. The van der Waals surface area contributed by atoms with Gasteiger partial charge in [0.05, 0.1) is 132 Å². The predicted molar refractivity (Wildman–Crippen MR) is 516 cm³/mol. The Labute approximate surface area is 853 Å². The van der Waals surface area contributed by atoms with Gasteiger partial charge in [0.1, 0.15) is 0 Å². The van der Waals surface area contributed by atoms with Crippen molar-refractivity contribution in [3.8, 4) is 0 Å². The molecule has 18 aliphatic rings. The Morgan fingerprint density at radius 1 is 0.248 bits per heavy atom. The fourth-order valence-corrected chi connectivity index (χ4v) is 22.6. The summed E-state index contributed by atoms with van der Waals surface area (Å²) in [6.45, 7) is 16.4. The summed E-state index contributed by atoms with van der Waals surface area (Å²) in [7, 11) is 1.26. The van der Waals surface area contributed by atoms with Gasteiger partial charge in [-0.15, -0.1) is 0 Å². The first kappa shape index (κ1) is 104. The number of cyclic esters (lactones) is 20. The number of aryl methyl sites for hydroxylation is 8. The lowest BCUT2D eigenvalue weighted by Gasteiger charge is -2.24. The summed E-state index contributed by atoms with van der Waals surface area (Å²) >= 11 is 0. The van der Waals surface area contributed by atoms with Gasteiger partial charge >= 0.3 is 131 Å². The minimum absolute atomic E-state index is 0.0435. The number of carboxylic acid groups (broad SMARTS) is 1. The molecule has 0 spiro atoms. The summed E-state index contributed by atoms with van der Waals surface area (Å²) in [6, 6.07) is 33.1. The topological polar surface area (TPSA) is 497 Å². The van der Waals surface area contributed by atoms with E-state index in [0.29, 0.717) is 112 Å². The van der Waals surface area contributed by atoms with Gasteiger partial charge in [-0.05, 0) is 333 Å². The number of fused-ring (bicyclic) bond motifs is 16. The Bertz CT molecular complexity index is 6860. The number of aromatic carboxylic acids is 1. The van der Waals surface area contributed by atoms with Crippen molar-refractivity contribution in [2.75, 3.05) is 7.11 Å². The second kappa shape index (κ2) is 43.3. The van der Waals surface area contributed by atoms with Crippen LogP contribution in [-0.4, -0.2) is 144 Å². The maximum atomic E-state index is 12.0. The Kier molecular flexibility index (Phi) is 30.3. The highest BCUT2D eigenvalue weighted by molar-refractivity contribution is 6.22.